The Morgan fingerprint density at radius 3 is 2.31 bits per heavy atom. The number of halogens is 3. The van der Waals surface area contributed by atoms with Crippen molar-refractivity contribution in [3.05, 3.63) is 29.8 Å². The van der Waals surface area contributed by atoms with Crippen molar-refractivity contribution in [3.63, 3.8) is 0 Å². The van der Waals surface area contributed by atoms with Crippen LogP contribution in [0.1, 0.15) is 18.5 Å². The first-order chi connectivity index (χ1) is 7.42. The van der Waals surface area contributed by atoms with Crippen molar-refractivity contribution in [2.24, 2.45) is 0 Å². The molecule has 0 aliphatic carbocycles. The first-order valence-corrected chi connectivity index (χ1v) is 4.48. The van der Waals surface area contributed by atoms with Crippen molar-refractivity contribution in [2.45, 2.75) is 19.3 Å². The van der Waals surface area contributed by atoms with E-state index in [9.17, 15) is 18.0 Å². The standard InChI is InChI=1S/C10H10F3NO2/c1-7(14-6-15)8-2-4-9(5-3-8)16-10(11,12)13/h2-7H,1H3,(H,14,15). The van der Waals surface area contributed by atoms with Crippen LogP contribution >= 0.6 is 0 Å². The average Bonchev–Trinajstić information content (AvgIpc) is 2.16. The van der Waals surface area contributed by atoms with Gasteiger partial charge in [-0.3, -0.25) is 4.79 Å². The maximum Gasteiger partial charge on any atom is 0.573 e. The minimum absolute atomic E-state index is 0.252. The minimum atomic E-state index is -4.69. The number of nitrogens with one attached hydrogen (secondary N) is 1. The molecule has 6 heteroatoms. The fourth-order valence-electron chi connectivity index (χ4n) is 1.16. The molecule has 0 heterocycles. The number of alkyl halides is 3. The Bertz CT molecular complexity index is 348. The topological polar surface area (TPSA) is 38.3 Å². The summed E-state index contributed by atoms with van der Waals surface area (Å²) < 4.78 is 39.2. The molecule has 0 radical (unpaired) electrons. The summed E-state index contributed by atoms with van der Waals surface area (Å²) in [4.78, 5) is 10.2. The second-order valence-electron chi connectivity index (χ2n) is 3.12. The van der Waals surface area contributed by atoms with Crippen LogP contribution in [0.15, 0.2) is 24.3 Å². The first-order valence-electron chi connectivity index (χ1n) is 4.48. The quantitative estimate of drug-likeness (QED) is 0.811. The molecule has 1 aromatic carbocycles. The Labute approximate surface area is 90.2 Å². The average molecular weight is 233 g/mol. The lowest BCUT2D eigenvalue weighted by molar-refractivity contribution is -0.274. The molecule has 0 fully saturated rings. The smallest absolute Gasteiger partial charge is 0.406 e. The summed E-state index contributed by atoms with van der Waals surface area (Å²) in [7, 11) is 0. The predicted molar refractivity (Wildman–Crippen MR) is 50.7 cm³/mol. The molecule has 1 aromatic rings. The third-order valence-corrected chi connectivity index (χ3v) is 1.93. The van der Waals surface area contributed by atoms with Gasteiger partial charge in [-0.25, -0.2) is 0 Å². The molecule has 1 rings (SSSR count). The molecule has 1 unspecified atom stereocenters. The van der Waals surface area contributed by atoms with Gasteiger partial charge in [-0.1, -0.05) is 12.1 Å². The molecule has 88 valence electrons. The van der Waals surface area contributed by atoms with Crippen molar-refractivity contribution in [1.29, 1.82) is 0 Å². The number of carbonyl (C=O) groups excluding carboxylic acids is 1. The fraction of sp³-hybridized carbons (Fsp3) is 0.300. The van der Waals surface area contributed by atoms with Gasteiger partial charge in [0, 0.05) is 0 Å². The van der Waals surface area contributed by atoms with Crippen LogP contribution in [-0.2, 0) is 4.79 Å². The number of rotatable bonds is 4. The lowest BCUT2D eigenvalue weighted by atomic mass is 10.1. The van der Waals surface area contributed by atoms with Gasteiger partial charge in [-0.15, -0.1) is 13.2 Å². The summed E-state index contributed by atoms with van der Waals surface area (Å²) in [5.74, 6) is -0.283. The highest BCUT2D eigenvalue weighted by molar-refractivity contribution is 5.47. The number of benzene rings is 1. The van der Waals surface area contributed by atoms with Crippen LogP contribution in [0.3, 0.4) is 0 Å². The third-order valence-electron chi connectivity index (χ3n) is 1.93. The Morgan fingerprint density at radius 2 is 1.88 bits per heavy atom. The lowest BCUT2D eigenvalue weighted by Crippen LogP contribution is -2.18. The Hall–Kier alpha value is -1.72. The van der Waals surface area contributed by atoms with Crippen molar-refractivity contribution >= 4 is 6.41 Å². The maximum absolute atomic E-state index is 11.8. The van der Waals surface area contributed by atoms with Gasteiger partial charge in [0.25, 0.3) is 0 Å². The molecular formula is C10H10F3NO2. The zero-order chi connectivity index (χ0) is 12.2. The van der Waals surface area contributed by atoms with E-state index in [0.717, 1.165) is 0 Å². The van der Waals surface area contributed by atoms with E-state index in [1.807, 2.05) is 0 Å². The molecule has 1 amide bonds. The highest BCUT2D eigenvalue weighted by Crippen LogP contribution is 2.24. The van der Waals surface area contributed by atoms with E-state index in [1.165, 1.54) is 24.3 Å². The first kappa shape index (κ1) is 12.4. The second-order valence-corrected chi connectivity index (χ2v) is 3.12. The highest BCUT2D eigenvalue weighted by atomic mass is 19.4. The minimum Gasteiger partial charge on any atom is -0.406 e. The molecule has 1 N–H and O–H groups in total. The second kappa shape index (κ2) is 4.87. The van der Waals surface area contributed by atoms with Crippen LogP contribution in [0.4, 0.5) is 13.2 Å². The molecule has 0 aliphatic rings. The van der Waals surface area contributed by atoms with E-state index in [1.54, 1.807) is 6.92 Å². The third kappa shape index (κ3) is 3.80. The van der Waals surface area contributed by atoms with Gasteiger partial charge in [0.15, 0.2) is 0 Å². The number of hydrogen-bond donors (Lipinski definition) is 1. The van der Waals surface area contributed by atoms with Gasteiger partial charge in [0.1, 0.15) is 5.75 Å². The number of amides is 1. The number of ether oxygens (including phenoxy) is 1. The SMILES string of the molecule is CC(NC=O)c1ccc(OC(F)(F)F)cc1. The van der Waals surface area contributed by atoms with E-state index in [0.29, 0.717) is 12.0 Å². The summed E-state index contributed by atoms with van der Waals surface area (Å²) in [5, 5.41) is 2.49. The van der Waals surface area contributed by atoms with Crippen LogP contribution in [0, 0.1) is 0 Å². The molecule has 16 heavy (non-hydrogen) atoms. The summed E-state index contributed by atoms with van der Waals surface area (Å²) in [6.45, 7) is 1.72. The predicted octanol–water partition coefficient (Wildman–Crippen LogP) is 2.39. The van der Waals surface area contributed by atoms with Crippen molar-refractivity contribution < 1.29 is 22.7 Å². The fourth-order valence-corrected chi connectivity index (χ4v) is 1.16. The van der Waals surface area contributed by atoms with E-state index in [4.69, 9.17) is 0 Å². The summed E-state index contributed by atoms with van der Waals surface area (Å²) >= 11 is 0. The summed E-state index contributed by atoms with van der Waals surface area (Å²) in [6, 6.07) is 5.07. The van der Waals surface area contributed by atoms with E-state index < -0.39 is 6.36 Å². The van der Waals surface area contributed by atoms with Gasteiger partial charge in [0.05, 0.1) is 6.04 Å². The van der Waals surface area contributed by atoms with Crippen LogP contribution in [0.2, 0.25) is 0 Å². The number of carbonyl (C=O) groups is 1. The molecule has 0 saturated carbocycles. The van der Waals surface area contributed by atoms with Crippen molar-refractivity contribution in [1.82, 2.24) is 5.32 Å². The molecule has 0 bridgehead atoms. The van der Waals surface area contributed by atoms with E-state index in [-0.39, 0.29) is 11.8 Å². The van der Waals surface area contributed by atoms with Gasteiger partial charge in [-0.05, 0) is 24.6 Å². The molecule has 1 atom stereocenters. The molecular weight excluding hydrogens is 223 g/mol. The molecule has 3 nitrogen and oxygen atoms in total. The van der Waals surface area contributed by atoms with Crippen LogP contribution in [0.25, 0.3) is 0 Å². The molecule has 0 aliphatic heterocycles. The van der Waals surface area contributed by atoms with Gasteiger partial charge >= 0.3 is 6.36 Å². The van der Waals surface area contributed by atoms with Crippen molar-refractivity contribution in [2.75, 3.05) is 0 Å². The van der Waals surface area contributed by atoms with E-state index in [2.05, 4.69) is 10.1 Å². The van der Waals surface area contributed by atoms with Gasteiger partial charge < -0.3 is 10.1 Å². The molecule has 0 saturated heterocycles. The van der Waals surface area contributed by atoms with Gasteiger partial charge in [-0.2, -0.15) is 0 Å². The van der Waals surface area contributed by atoms with Gasteiger partial charge in [0.2, 0.25) is 6.41 Å². The Balaban J connectivity index is 2.71. The normalized spacial score (nSPS) is 13.0. The van der Waals surface area contributed by atoms with Crippen LogP contribution in [0.5, 0.6) is 5.75 Å². The summed E-state index contributed by atoms with van der Waals surface area (Å²) in [5.41, 5.74) is 0.696. The van der Waals surface area contributed by atoms with Crippen LogP contribution in [-0.4, -0.2) is 12.8 Å². The lowest BCUT2D eigenvalue weighted by Gasteiger charge is -2.12. The zero-order valence-electron chi connectivity index (χ0n) is 8.41. The van der Waals surface area contributed by atoms with E-state index >= 15 is 0 Å². The molecule has 0 spiro atoms. The maximum atomic E-state index is 11.8. The van der Waals surface area contributed by atoms with Crippen molar-refractivity contribution in [3.8, 4) is 5.75 Å². The largest absolute Gasteiger partial charge is 0.573 e. The highest BCUT2D eigenvalue weighted by Gasteiger charge is 2.30. The molecule has 0 aromatic heterocycles. The monoisotopic (exact) mass is 233 g/mol. The number of hydrogen-bond acceptors (Lipinski definition) is 2. The summed E-state index contributed by atoms with van der Waals surface area (Å²) in [6.07, 6.45) is -4.15. The zero-order valence-corrected chi connectivity index (χ0v) is 8.41. The Morgan fingerprint density at radius 1 is 1.31 bits per heavy atom. The van der Waals surface area contributed by atoms with Crippen LogP contribution < -0.4 is 10.1 Å². The Kier molecular flexibility index (Phi) is 3.76.